The second kappa shape index (κ2) is 2.35. The van der Waals surface area contributed by atoms with Gasteiger partial charge in [0.05, 0.1) is 0 Å². The van der Waals surface area contributed by atoms with E-state index in [1.807, 2.05) is 0 Å². The fourth-order valence-corrected chi connectivity index (χ4v) is 1.59. The Morgan fingerprint density at radius 3 is 2.50 bits per heavy atom. The SMILES string of the molecule is CC(=O)C1(O)CCC(C)C1. The number of ketones is 1. The number of hydrogen-bond donors (Lipinski definition) is 1. The molecule has 0 aliphatic heterocycles. The van der Waals surface area contributed by atoms with Gasteiger partial charge in [-0.1, -0.05) is 6.92 Å². The van der Waals surface area contributed by atoms with Crippen LogP contribution < -0.4 is 0 Å². The van der Waals surface area contributed by atoms with Crippen LogP contribution in [0.1, 0.15) is 33.1 Å². The van der Waals surface area contributed by atoms with E-state index < -0.39 is 5.60 Å². The molecule has 1 aliphatic rings. The van der Waals surface area contributed by atoms with E-state index >= 15 is 0 Å². The summed E-state index contributed by atoms with van der Waals surface area (Å²) in [5.41, 5.74) is -0.973. The van der Waals surface area contributed by atoms with E-state index in [0.717, 1.165) is 6.42 Å². The monoisotopic (exact) mass is 142 g/mol. The highest BCUT2D eigenvalue weighted by Crippen LogP contribution is 2.34. The highest BCUT2D eigenvalue weighted by Gasteiger charge is 2.39. The highest BCUT2D eigenvalue weighted by molar-refractivity contribution is 5.84. The van der Waals surface area contributed by atoms with Crippen LogP contribution in [-0.2, 0) is 4.79 Å². The van der Waals surface area contributed by atoms with Gasteiger partial charge < -0.3 is 5.11 Å². The van der Waals surface area contributed by atoms with Gasteiger partial charge in [0.25, 0.3) is 0 Å². The molecule has 0 radical (unpaired) electrons. The summed E-state index contributed by atoms with van der Waals surface area (Å²) in [5.74, 6) is 0.436. The van der Waals surface area contributed by atoms with Gasteiger partial charge in [-0.3, -0.25) is 4.79 Å². The average molecular weight is 142 g/mol. The van der Waals surface area contributed by atoms with Crippen molar-refractivity contribution in [2.45, 2.75) is 38.7 Å². The minimum absolute atomic E-state index is 0.0724. The number of aliphatic hydroxyl groups is 1. The first-order valence-corrected chi connectivity index (χ1v) is 3.78. The van der Waals surface area contributed by atoms with Gasteiger partial charge in [0.2, 0.25) is 0 Å². The number of rotatable bonds is 1. The maximum atomic E-state index is 10.9. The lowest BCUT2D eigenvalue weighted by molar-refractivity contribution is -0.134. The van der Waals surface area contributed by atoms with Crippen molar-refractivity contribution >= 4 is 5.78 Å². The summed E-state index contributed by atoms with van der Waals surface area (Å²) < 4.78 is 0. The Balaban J connectivity index is 2.63. The summed E-state index contributed by atoms with van der Waals surface area (Å²) in [7, 11) is 0. The molecule has 1 fully saturated rings. The van der Waals surface area contributed by atoms with Crippen LogP contribution in [0.5, 0.6) is 0 Å². The summed E-state index contributed by atoms with van der Waals surface area (Å²) in [4.78, 5) is 10.9. The standard InChI is InChI=1S/C8H14O2/c1-6-3-4-8(10,5-6)7(2)9/h6,10H,3-5H2,1-2H3. The summed E-state index contributed by atoms with van der Waals surface area (Å²) in [6, 6.07) is 0. The van der Waals surface area contributed by atoms with Crippen LogP contribution in [0, 0.1) is 5.92 Å². The van der Waals surface area contributed by atoms with Crippen LogP contribution in [0.15, 0.2) is 0 Å². The molecule has 0 bridgehead atoms. The lowest BCUT2D eigenvalue weighted by Gasteiger charge is -2.17. The Morgan fingerprint density at radius 2 is 2.30 bits per heavy atom. The molecule has 58 valence electrons. The molecule has 1 rings (SSSR count). The predicted octanol–water partition coefficient (Wildman–Crippen LogP) is 1.13. The third-order valence-electron chi connectivity index (χ3n) is 2.39. The van der Waals surface area contributed by atoms with E-state index in [-0.39, 0.29) is 5.78 Å². The average Bonchev–Trinajstić information content (AvgIpc) is 2.13. The van der Waals surface area contributed by atoms with Gasteiger partial charge in [-0.15, -0.1) is 0 Å². The van der Waals surface area contributed by atoms with E-state index in [2.05, 4.69) is 6.92 Å². The van der Waals surface area contributed by atoms with Crippen molar-refractivity contribution in [2.75, 3.05) is 0 Å². The van der Waals surface area contributed by atoms with Crippen molar-refractivity contribution in [1.29, 1.82) is 0 Å². The molecule has 2 heteroatoms. The molecule has 2 atom stereocenters. The molecule has 10 heavy (non-hydrogen) atoms. The van der Waals surface area contributed by atoms with Crippen LogP contribution in [0.2, 0.25) is 0 Å². The van der Waals surface area contributed by atoms with E-state index in [1.165, 1.54) is 6.92 Å². The van der Waals surface area contributed by atoms with E-state index in [4.69, 9.17) is 0 Å². The molecule has 1 N–H and O–H groups in total. The molecule has 0 aromatic heterocycles. The van der Waals surface area contributed by atoms with Crippen LogP contribution in [0.4, 0.5) is 0 Å². The summed E-state index contributed by atoms with van der Waals surface area (Å²) >= 11 is 0. The molecule has 0 amide bonds. The molecule has 1 aliphatic carbocycles. The van der Waals surface area contributed by atoms with Crippen LogP contribution in [0.25, 0.3) is 0 Å². The molecule has 0 saturated heterocycles. The van der Waals surface area contributed by atoms with Crippen molar-refractivity contribution in [3.05, 3.63) is 0 Å². The van der Waals surface area contributed by atoms with Crippen molar-refractivity contribution in [3.8, 4) is 0 Å². The van der Waals surface area contributed by atoms with E-state index in [1.54, 1.807) is 0 Å². The third-order valence-corrected chi connectivity index (χ3v) is 2.39. The Bertz CT molecular complexity index is 153. The molecule has 2 nitrogen and oxygen atoms in total. The van der Waals surface area contributed by atoms with Gasteiger partial charge in [-0.2, -0.15) is 0 Å². The second-order valence-corrected chi connectivity index (χ2v) is 3.44. The number of carbonyl (C=O) groups excluding carboxylic acids is 1. The van der Waals surface area contributed by atoms with Crippen molar-refractivity contribution in [3.63, 3.8) is 0 Å². The Kier molecular flexibility index (Phi) is 1.82. The zero-order valence-corrected chi connectivity index (χ0v) is 6.55. The molecule has 0 aromatic carbocycles. The molecule has 0 heterocycles. The summed E-state index contributed by atoms with van der Waals surface area (Å²) in [5, 5.41) is 9.59. The molecule has 0 spiro atoms. The van der Waals surface area contributed by atoms with Gasteiger partial charge in [0.1, 0.15) is 5.60 Å². The number of hydrogen-bond acceptors (Lipinski definition) is 2. The predicted molar refractivity (Wildman–Crippen MR) is 38.6 cm³/mol. The van der Waals surface area contributed by atoms with Gasteiger partial charge >= 0.3 is 0 Å². The molecule has 1 saturated carbocycles. The summed E-state index contributed by atoms with van der Waals surface area (Å²) in [6.07, 6.45) is 2.29. The Hall–Kier alpha value is -0.370. The Labute approximate surface area is 61.2 Å². The van der Waals surface area contributed by atoms with Crippen molar-refractivity contribution in [2.24, 2.45) is 5.92 Å². The van der Waals surface area contributed by atoms with E-state index in [0.29, 0.717) is 18.8 Å². The fourth-order valence-electron chi connectivity index (χ4n) is 1.59. The second-order valence-electron chi connectivity index (χ2n) is 3.44. The topological polar surface area (TPSA) is 37.3 Å². The number of Topliss-reactive ketones (excluding diaryl/α,β-unsaturated/α-hetero) is 1. The summed E-state index contributed by atoms with van der Waals surface area (Å²) in [6.45, 7) is 3.54. The largest absolute Gasteiger partial charge is 0.382 e. The quantitative estimate of drug-likeness (QED) is 0.595. The van der Waals surface area contributed by atoms with Crippen LogP contribution in [0.3, 0.4) is 0 Å². The van der Waals surface area contributed by atoms with Crippen molar-refractivity contribution in [1.82, 2.24) is 0 Å². The lowest BCUT2D eigenvalue weighted by atomic mass is 9.97. The normalized spacial score (nSPS) is 40.1. The lowest BCUT2D eigenvalue weighted by Crippen LogP contribution is -2.33. The van der Waals surface area contributed by atoms with E-state index in [9.17, 15) is 9.90 Å². The minimum Gasteiger partial charge on any atom is -0.382 e. The molecule has 2 unspecified atom stereocenters. The maximum Gasteiger partial charge on any atom is 0.161 e. The van der Waals surface area contributed by atoms with Crippen LogP contribution >= 0.6 is 0 Å². The maximum absolute atomic E-state index is 10.9. The van der Waals surface area contributed by atoms with Gasteiger partial charge in [-0.25, -0.2) is 0 Å². The van der Waals surface area contributed by atoms with Crippen LogP contribution in [-0.4, -0.2) is 16.5 Å². The smallest absolute Gasteiger partial charge is 0.161 e. The first kappa shape index (κ1) is 7.73. The highest BCUT2D eigenvalue weighted by atomic mass is 16.3. The number of carbonyl (C=O) groups is 1. The third kappa shape index (κ3) is 1.21. The van der Waals surface area contributed by atoms with Gasteiger partial charge in [0, 0.05) is 0 Å². The Morgan fingerprint density at radius 1 is 1.70 bits per heavy atom. The zero-order valence-electron chi connectivity index (χ0n) is 6.55. The molecular formula is C8H14O2. The molecule has 0 aromatic rings. The first-order chi connectivity index (χ1) is 4.54. The van der Waals surface area contributed by atoms with Gasteiger partial charge in [-0.05, 0) is 32.1 Å². The fraction of sp³-hybridized carbons (Fsp3) is 0.875. The first-order valence-electron chi connectivity index (χ1n) is 3.78. The molecular weight excluding hydrogens is 128 g/mol. The van der Waals surface area contributed by atoms with Crippen molar-refractivity contribution < 1.29 is 9.90 Å². The minimum atomic E-state index is -0.973. The zero-order chi connectivity index (χ0) is 7.78. The van der Waals surface area contributed by atoms with Gasteiger partial charge in [0.15, 0.2) is 5.78 Å².